The van der Waals surface area contributed by atoms with Crippen LogP contribution in [-0.2, 0) is 6.18 Å². The molecule has 1 unspecified atom stereocenters. The summed E-state index contributed by atoms with van der Waals surface area (Å²) in [7, 11) is 0. The van der Waals surface area contributed by atoms with Crippen LogP contribution in [0.25, 0.3) is 11.1 Å². The van der Waals surface area contributed by atoms with Gasteiger partial charge < -0.3 is 10.6 Å². The zero-order valence-electron chi connectivity index (χ0n) is 14.0. The molecular formula is C19H20ClF3N2O. The van der Waals surface area contributed by atoms with Crippen molar-refractivity contribution >= 4 is 18.3 Å². The lowest BCUT2D eigenvalue weighted by atomic mass is 9.98. The average Bonchev–Trinajstić information content (AvgIpc) is 3.12. The maximum absolute atomic E-state index is 12.7. The van der Waals surface area contributed by atoms with Crippen LogP contribution in [0, 0.1) is 0 Å². The highest BCUT2D eigenvalue weighted by atomic mass is 35.5. The van der Waals surface area contributed by atoms with Gasteiger partial charge in [-0.05, 0) is 48.7 Å². The topological polar surface area (TPSA) is 41.1 Å². The van der Waals surface area contributed by atoms with E-state index in [4.69, 9.17) is 0 Å². The number of amides is 1. The minimum atomic E-state index is -4.37. The second-order valence-corrected chi connectivity index (χ2v) is 6.12. The predicted octanol–water partition coefficient (Wildman–Crippen LogP) is 4.28. The summed E-state index contributed by atoms with van der Waals surface area (Å²) in [5.74, 6) is -0.218. The largest absolute Gasteiger partial charge is 0.416 e. The second kappa shape index (κ2) is 8.56. The Bertz CT molecular complexity index is 741. The van der Waals surface area contributed by atoms with Crippen LogP contribution >= 0.6 is 12.4 Å². The van der Waals surface area contributed by atoms with E-state index in [1.807, 2.05) is 0 Å². The van der Waals surface area contributed by atoms with Crippen molar-refractivity contribution in [3.8, 4) is 11.1 Å². The quantitative estimate of drug-likeness (QED) is 0.826. The van der Waals surface area contributed by atoms with Gasteiger partial charge in [0.2, 0.25) is 0 Å². The molecule has 1 saturated heterocycles. The first-order valence-corrected chi connectivity index (χ1v) is 8.23. The third-order valence-corrected chi connectivity index (χ3v) is 4.37. The fraction of sp³-hybridized carbons (Fsp3) is 0.316. The SMILES string of the molecule is Cl.O=C(NCC1CCCN1)c1ccccc1-c1ccc(C(F)(F)F)cc1. The number of hydrogen-bond donors (Lipinski definition) is 2. The van der Waals surface area contributed by atoms with Crippen LogP contribution in [0.3, 0.4) is 0 Å². The molecule has 0 saturated carbocycles. The summed E-state index contributed by atoms with van der Waals surface area (Å²) < 4.78 is 38.1. The Morgan fingerprint density at radius 1 is 1.12 bits per heavy atom. The Morgan fingerprint density at radius 2 is 1.81 bits per heavy atom. The van der Waals surface area contributed by atoms with Gasteiger partial charge in [-0.15, -0.1) is 12.4 Å². The first-order chi connectivity index (χ1) is 11.9. The van der Waals surface area contributed by atoms with Gasteiger partial charge in [0, 0.05) is 18.2 Å². The van der Waals surface area contributed by atoms with Crippen LogP contribution in [0.15, 0.2) is 48.5 Å². The molecule has 0 aliphatic carbocycles. The lowest BCUT2D eigenvalue weighted by molar-refractivity contribution is -0.137. The van der Waals surface area contributed by atoms with Crippen LogP contribution in [0.4, 0.5) is 13.2 Å². The fourth-order valence-corrected chi connectivity index (χ4v) is 3.01. The molecule has 2 aromatic carbocycles. The van der Waals surface area contributed by atoms with Crippen molar-refractivity contribution in [3.63, 3.8) is 0 Å². The normalized spacial score (nSPS) is 16.8. The van der Waals surface area contributed by atoms with Crippen molar-refractivity contribution in [2.45, 2.75) is 25.1 Å². The molecule has 140 valence electrons. The summed E-state index contributed by atoms with van der Waals surface area (Å²) in [4.78, 5) is 12.5. The summed E-state index contributed by atoms with van der Waals surface area (Å²) >= 11 is 0. The van der Waals surface area contributed by atoms with E-state index in [0.717, 1.165) is 31.5 Å². The van der Waals surface area contributed by atoms with Crippen molar-refractivity contribution in [3.05, 3.63) is 59.7 Å². The number of carbonyl (C=O) groups excluding carboxylic acids is 1. The van der Waals surface area contributed by atoms with Crippen molar-refractivity contribution in [1.82, 2.24) is 10.6 Å². The van der Waals surface area contributed by atoms with Gasteiger partial charge in [-0.3, -0.25) is 4.79 Å². The maximum Gasteiger partial charge on any atom is 0.416 e. The number of halogens is 4. The Hall–Kier alpha value is -2.05. The summed E-state index contributed by atoms with van der Waals surface area (Å²) in [5, 5.41) is 6.21. The van der Waals surface area contributed by atoms with Crippen LogP contribution in [0.1, 0.15) is 28.8 Å². The van der Waals surface area contributed by atoms with Gasteiger partial charge in [0.05, 0.1) is 5.56 Å². The standard InChI is InChI=1S/C19H19F3N2O.ClH/c20-19(21,22)14-9-7-13(8-10-14)16-5-1-2-6-17(16)18(25)24-12-15-4-3-11-23-15;/h1-2,5-10,15,23H,3-4,11-12H2,(H,24,25);1H. The third-order valence-electron chi connectivity index (χ3n) is 4.37. The van der Waals surface area contributed by atoms with Crippen molar-refractivity contribution in [2.75, 3.05) is 13.1 Å². The van der Waals surface area contributed by atoms with Gasteiger partial charge >= 0.3 is 6.18 Å². The van der Waals surface area contributed by atoms with E-state index < -0.39 is 11.7 Å². The number of alkyl halides is 3. The lowest BCUT2D eigenvalue weighted by Crippen LogP contribution is -2.37. The number of carbonyl (C=O) groups is 1. The van der Waals surface area contributed by atoms with Crippen LogP contribution in [0.2, 0.25) is 0 Å². The molecule has 1 atom stereocenters. The van der Waals surface area contributed by atoms with Gasteiger partial charge in [-0.2, -0.15) is 13.2 Å². The van der Waals surface area contributed by atoms with E-state index in [2.05, 4.69) is 10.6 Å². The lowest BCUT2D eigenvalue weighted by Gasteiger charge is -2.14. The predicted molar refractivity (Wildman–Crippen MR) is 97.5 cm³/mol. The highest BCUT2D eigenvalue weighted by Gasteiger charge is 2.30. The van der Waals surface area contributed by atoms with Gasteiger partial charge in [0.1, 0.15) is 0 Å². The zero-order valence-corrected chi connectivity index (χ0v) is 14.8. The van der Waals surface area contributed by atoms with E-state index in [9.17, 15) is 18.0 Å². The van der Waals surface area contributed by atoms with Crippen LogP contribution < -0.4 is 10.6 Å². The fourth-order valence-electron chi connectivity index (χ4n) is 3.01. The maximum atomic E-state index is 12.7. The molecule has 1 amide bonds. The smallest absolute Gasteiger partial charge is 0.350 e. The molecular weight excluding hydrogens is 365 g/mol. The van der Waals surface area contributed by atoms with Crippen molar-refractivity contribution in [1.29, 1.82) is 0 Å². The van der Waals surface area contributed by atoms with Crippen molar-refractivity contribution < 1.29 is 18.0 Å². The summed E-state index contributed by atoms with van der Waals surface area (Å²) in [6, 6.07) is 12.1. The molecule has 0 bridgehead atoms. The Kier molecular flexibility index (Phi) is 6.67. The van der Waals surface area contributed by atoms with Gasteiger partial charge in [-0.25, -0.2) is 0 Å². The van der Waals surface area contributed by atoms with Crippen LogP contribution in [0.5, 0.6) is 0 Å². The number of benzene rings is 2. The first-order valence-electron chi connectivity index (χ1n) is 8.23. The second-order valence-electron chi connectivity index (χ2n) is 6.12. The van der Waals surface area contributed by atoms with Gasteiger partial charge in [0.15, 0.2) is 0 Å². The molecule has 26 heavy (non-hydrogen) atoms. The minimum Gasteiger partial charge on any atom is -0.350 e. The number of hydrogen-bond acceptors (Lipinski definition) is 2. The monoisotopic (exact) mass is 384 g/mol. The van der Waals surface area contributed by atoms with E-state index in [1.54, 1.807) is 24.3 Å². The van der Waals surface area contributed by atoms with Gasteiger partial charge in [0.25, 0.3) is 5.91 Å². The Morgan fingerprint density at radius 3 is 2.42 bits per heavy atom. The molecule has 1 fully saturated rings. The molecule has 2 N–H and O–H groups in total. The van der Waals surface area contributed by atoms with Gasteiger partial charge in [-0.1, -0.05) is 30.3 Å². The summed E-state index contributed by atoms with van der Waals surface area (Å²) in [6.45, 7) is 1.50. The first kappa shape index (κ1) is 20.3. The van der Waals surface area contributed by atoms with E-state index in [1.165, 1.54) is 12.1 Å². The summed E-state index contributed by atoms with van der Waals surface area (Å²) in [6.07, 6.45) is -2.24. The van der Waals surface area contributed by atoms with Crippen molar-refractivity contribution in [2.24, 2.45) is 0 Å². The Balaban J connectivity index is 0.00000243. The minimum absolute atomic E-state index is 0. The van der Waals surface area contributed by atoms with E-state index in [0.29, 0.717) is 23.2 Å². The molecule has 2 aromatic rings. The number of rotatable bonds is 4. The Labute approximate surface area is 156 Å². The van der Waals surface area contributed by atoms with E-state index in [-0.39, 0.29) is 24.4 Å². The van der Waals surface area contributed by atoms with Crippen LogP contribution in [-0.4, -0.2) is 25.0 Å². The molecule has 3 rings (SSSR count). The molecule has 1 heterocycles. The summed E-state index contributed by atoms with van der Waals surface area (Å²) in [5.41, 5.74) is 0.955. The molecule has 7 heteroatoms. The molecule has 3 nitrogen and oxygen atoms in total. The number of nitrogens with one attached hydrogen (secondary N) is 2. The molecule has 0 aromatic heterocycles. The molecule has 1 aliphatic rings. The average molecular weight is 385 g/mol. The zero-order chi connectivity index (χ0) is 17.9. The molecule has 0 spiro atoms. The third kappa shape index (κ3) is 4.77. The highest BCUT2D eigenvalue weighted by molar-refractivity contribution is 6.00. The van der Waals surface area contributed by atoms with E-state index >= 15 is 0 Å². The molecule has 1 aliphatic heterocycles. The molecule has 0 radical (unpaired) electrons. The highest BCUT2D eigenvalue weighted by Crippen LogP contribution is 2.31.